The fourth-order valence-electron chi connectivity index (χ4n) is 2.52. The highest BCUT2D eigenvalue weighted by atomic mass is 16.5. The van der Waals surface area contributed by atoms with Crippen molar-refractivity contribution in [1.29, 1.82) is 0 Å². The molecule has 2 rings (SSSR count). The van der Waals surface area contributed by atoms with E-state index in [9.17, 15) is 4.79 Å². The summed E-state index contributed by atoms with van der Waals surface area (Å²) >= 11 is 0. The number of hydrogen-bond donors (Lipinski definition) is 1. The Kier molecular flexibility index (Phi) is 6.86. The quantitative estimate of drug-likeness (QED) is 0.727. The van der Waals surface area contributed by atoms with Crippen LogP contribution in [0.4, 0.5) is 0 Å². The lowest BCUT2D eigenvalue weighted by atomic mass is 10.1. The highest BCUT2D eigenvalue weighted by Gasteiger charge is 2.04. The van der Waals surface area contributed by atoms with Crippen molar-refractivity contribution in [1.82, 2.24) is 5.32 Å². The maximum absolute atomic E-state index is 11.9. The predicted molar refractivity (Wildman–Crippen MR) is 98.3 cm³/mol. The van der Waals surface area contributed by atoms with Crippen LogP contribution in [0.15, 0.2) is 42.5 Å². The molecule has 1 amide bonds. The number of rotatable bonds is 8. The monoisotopic (exact) mass is 325 g/mol. The van der Waals surface area contributed by atoms with Gasteiger partial charge in [-0.05, 0) is 61.9 Å². The molecular formula is C21H27NO2. The molecule has 0 aromatic heterocycles. The van der Waals surface area contributed by atoms with Gasteiger partial charge in [-0.15, -0.1) is 0 Å². The average Bonchev–Trinajstić information content (AvgIpc) is 2.57. The number of amides is 1. The molecule has 0 aliphatic carbocycles. The highest BCUT2D eigenvalue weighted by Crippen LogP contribution is 2.19. The Morgan fingerprint density at radius 3 is 2.58 bits per heavy atom. The summed E-state index contributed by atoms with van der Waals surface area (Å²) in [6.07, 6.45) is 2.26. The van der Waals surface area contributed by atoms with Gasteiger partial charge in [0, 0.05) is 13.0 Å². The molecule has 3 nitrogen and oxygen atoms in total. The van der Waals surface area contributed by atoms with Crippen LogP contribution in [-0.4, -0.2) is 12.5 Å². The van der Waals surface area contributed by atoms with Gasteiger partial charge >= 0.3 is 0 Å². The molecule has 0 atom stereocenters. The van der Waals surface area contributed by atoms with E-state index in [1.807, 2.05) is 25.1 Å². The topological polar surface area (TPSA) is 38.3 Å². The molecule has 3 heteroatoms. The first-order chi connectivity index (χ1) is 11.6. The van der Waals surface area contributed by atoms with Crippen LogP contribution >= 0.6 is 0 Å². The maximum Gasteiger partial charge on any atom is 0.220 e. The Morgan fingerprint density at radius 2 is 1.79 bits per heavy atom. The van der Waals surface area contributed by atoms with Gasteiger partial charge in [-0.3, -0.25) is 4.79 Å². The first kappa shape index (κ1) is 18.1. The summed E-state index contributed by atoms with van der Waals surface area (Å²) in [4.78, 5) is 11.9. The van der Waals surface area contributed by atoms with Crippen LogP contribution in [0.1, 0.15) is 41.5 Å². The number of unbranched alkanes of at least 4 members (excludes halogenated alkanes) is 1. The van der Waals surface area contributed by atoms with E-state index in [1.165, 1.54) is 16.7 Å². The van der Waals surface area contributed by atoms with Crippen LogP contribution in [0.5, 0.6) is 5.75 Å². The summed E-state index contributed by atoms with van der Waals surface area (Å²) in [5.74, 6) is 1.05. The van der Waals surface area contributed by atoms with Crippen molar-refractivity contribution in [2.45, 2.75) is 46.6 Å². The van der Waals surface area contributed by atoms with Crippen molar-refractivity contribution < 1.29 is 9.53 Å². The van der Waals surface area contributed by atoms with Crippen LogP contribution in [0.3, 0.4) is 0 Å². The van der Waals surface area contributed by atoms with Crippen molar-refractivity contribution in [2.24, 2.45) is 0 Å². The Bertz CT molecular complexity index is 679. The van der Waals surface area contributed by atoms with Gasteiger partial charge in [-0.2, -0.15) is 0 Å². The molecule has 0 aliphatic heterocycles. The number of carbonyl (C=O) groups excluding carboxylic acids is 1. The lowest BCUT2D eigenvalue weighted by molar-refractivity contribution is -0.121. The second-order valence-electron chi connectivity index (χ2n) is 6.28. The fraction of sp³-hybridized carbons (Fsp3) is 0.381. The molecule has 1 N–H and O–H groups in total. The minimum absolute atomic E-state index is 0.102. The lowest BCUT2D eigenvalue weighted by Gasteiger charge is -2.10. The lowest BCUT2D eigenvalue weighted by Crippen LogP contribution is -2.22. The van der Waals surface area contributed by atoms with Gasteiger partial charge < -0.3 is 10.1 Å². The van der Waals surface area contributed by atoms with Crippen LogP contribution in [-0.2, 0) is 11.3 Å². The highest BCUT2D eigenvalue weighted by molar-refractivity contribution is 5.75. The Morgan fingerprint density at radius 1 is 1.00 bits per heavy atom. The van der Waals surface area contributed by atoms with E-state index in [-0.39, 0.29) is 5.91 Å². The summed E-state index contributed by atoms with van der Waals surface area (Å²) in [5, 5.41) is 2.99. The zero-order valence-electron chi connectivity index (χ0n) is 14.9. The molecule has 0 heterocycles. The predicted octanol–water partition coefficient (Wildman–Crippen LogP) is 4.48. The number of carbonyl (C=O) groups is 1. The Labute approximate surface area is 145 Å². The summed E-state index contributed by atoms with van der Waals surface area (Å²) in [7, 11) is 0. The molecule has 0 fully saturated rings. The molecule has 128 valence electrons. The van der Waals surface area contributed by atoms with E-state index >= 15 is 0 Å². The number of aryl methyl sites for hydroxylation is 3. The van der Waals surface area contributed by atoms with Crippen LogP contribution < -0.4 is 10.1 Å². The van der Waals surface area contributed by atoms with Gasteiger partial charge in [-0.25, -0.2) is 0 Å². The molecule has 0 saturated heterocycles. The van der Waals surface area contributed by atoms with E-state index in [0.29, 0.717) is 19.6 Å². The first-order valence-electron chi connectivity index (χ1n) is 8.57. The zero-order chi connectivity index (χ0) is 17.4. The largest absolute Gasteiger partial charge is 0.493 e. The second-order valence-corrected chi connectivity index (χ2v) is 6.28. The van der Waals surface area contributed by atoms with Crippen LogP contribution in [0.25, 0.3) is 0 Å². The number of benzene rings is 2. The molecule has 0 unspecified atom stereocenters. The third kappa shape index (κ3) is 5.73. The normalized spacial score (nSPS) is 10.5. The van der Waals surface area contributed by atoms with E-state index in [4.69, 9.17) is 4.74 Å². The first-order valence-corrected chi connectivity index (χ1v) is 8.57. The van der Waals surface area contributed by atoms with Gasteiger partial charge in [0.15, 0.2) is 0 Å². The van der Waals surface area contributed by atoms with Gasteiger partial charge in [0.1, 0.15) is 5.75 Å². The minimum atomic E-state index is 0.102. The van der Waals surface area contributed by atoms with Crippen LogP contribution in [0, 0.1) is 20.8 Å². The fourth-order valence-corrected chi connectivity index (χ4v) is 2.52. The van der Waals surface area contributed by atoms with E-state index in [1.54, 1.807) is 0 Å². The minimum Gasteiger partial charge on any atom is -0.493 e. The molecule has 2 aromatic rings. The second kappa shape index (κ2) is 9.11. The number of ether oxygens (including phenoxy) is 1. The summed E-state index contributed by atoms with van der Waals surface area (Å²) in [6, 6.07) is 14.3. The third-order valence-electron chi connectivity index (χ3n) is 4.14. The number of nitrogens with one attached hydrogen (secondary N) is 1. The Hall–Kier alpha value is -2.29. The van der Waals surface area contributed by atoms with E-state index in [2.05, 4.69) is 43.4 Å². The maximum atomic E-state index is 11.9. The molecule has 0 radical (unpaired) electrons. The molecule has 2 aromatic carbocycles. The van der Waals surface area contributed by atoms with E-state index in [0.717, 1.165) is 24.2 Å². The molecular weight excluding hydrogens is 298 g/mol. The molecule has 0 saturated carbocycles. The summed E-state index contributed by atoms with van der Waals surface area (Å²) in [6.45, 7) is 7.42. The van der Waals surface area contributed by atoms with Gasteiger partial charge in [0.25, 0.3) is 0 Å². The van der Waals surface area contributed by atoms with Crippen molar-refractivity contribution in [3.63, 3.8) is 0 Å². The third-order valence-corrected chi connectivity index (χ3v) is 4.14. The summed E-state index contributed by atoms with van der Waals surface area (Å²) < 4.78 is 5.81. The van der Waals surface area contributed by atoms with Crippen LogP contribution in [0.2, 0.25) is 0 Å². The molecule has 24 heavy (non-hydrogen) atoms. The van der Waals surface area contributed by atoms with Crippen molar-refractivity contribution in [3.8, 4) is 5.75 Å². The van der Waals surface area contributed by atoms with Crippen molar-refractivity contribution >= 4 is 5.91 Å². The van der Waals surface area contributed by atoms with E-state index < -0.39 is 0 Å². The van der Waals surface area contributed by atoms with Gasteiger partial charge in [0.2, 0.25) is 5.91 Å². The van der Waals surface area contributed by atoms with Gasteiger partial charge in [0.05, 0.1) is 6.61 Å². The Balaban J connectivity index is 1.63. The molecule has 0 aliphatic rings. The molecule has 0 bridgehead atoms. The number of hydrogen-bond acceptors (Lipinski definition) is 2. The SMILES string of the molecule is Cc1ccc(C)c(OCCCCC(=O)NCc2ccccc2C)c1. The average molecular weight is 325 g/mol. The molecule has 0 spiro atoms. The smallest absolute Gasteiger partial charge is 0.220 e. The van der Waals surface area contributed by atoms with Crippen molar-refractivity contribution in [2.75, 3.05) is 6.61 Å². The van der Waals surface area contributed by atoms with Gasteiger partial charge in [-0.1, -0.05) is 36.4 Å². The zero-order valence-corrected chi connectivity index (χ0v) is 14.9. The standard InChI is InChI=1S/C21H27NO2/c1-16-11-12-18(3)20(14-16)24-13-7-6-10-21(23)22-15-19-9-5-4-8-17(19)2/h4-5,8-9,11-12,14H,6-7,10,13,15H2,1-3H3,(H,22,23). The summed E-state index contributed by atoms with van der Waals surface area (Å²) in [5.41, 5.74) is 4.73. The van der Waals surface area contributed by atoms with Crippen molar-refractivity contribution in [3.05, 3.63) is 64.7 Å².